The van der Waals surface area contributed by atoms with Crippen LogP contribution >= 0.6 is 27.7 Å². The van der Waals surface area contributed by atoms with E-state index in [0.717, 1.165) is 15.9 Å². The third-order valence-corrected chi connectivity index (χ3v) is 4.79. The van der Waals surface area contributed by atoms with Crippen molar-refractivity contribution >= 4 is 33.4 Å². The van der Waals surface area contributed by atoms with E-state index in [2.05, 4.69) is 21.0 Å². The number of aryl methyl sites for hydroxylation is 2. The van der Waals surface area contributed by atoms with Crippen LogP contribution in [-0.2, 0) is 12.8 Å². The fraction of sp³-hybridized carbons (Fsp3) is 0.250. The molecule has 0 aliphatic carbocycles. The summed E-state index contributed by atoms with van der Waals surface area (Å²) >= 11 is 4.93. The molecule has 19 heavy (non-hydrogen) atoms. The molecule has 2 aromatic rings. The third kappa shape index (κ3) is 2.98. The molecule has 0 bridgehead atoms. The van der Waals surface area contributed by atoms with Gasteiger partial charge in [0.25, 0.3) is 5.69 Å². The maximum Gasteiger partial charge on any atom is 0.282 e. The molecule has 2 rings (SSSR count). The molecule has 0 aliphatic heterocycles. The van der Waals surface area contributed by atoms with Crippen LogP contribution in [-0.4, -0.2) is 14.7 Å². The van der Waals surface area contributed by atoms with Gasteiger partial charge in [0.2, 0.25) is 0 Å². The van der Waals surface area contributed by atoms with E-state index >= 15 is 0 Å². The van der Waals surface area contributed by atoms with Crippen molar-refractivity contribution in [3.8, 4) is 0 Å². The van der Waals surface area contributed by atoms with Gasteiger partial charge in [-0.2, -0.15) is 5.10 Å². The lowest BCUT2D eigenvalue weighted by Gasteiger charge is -2.04. The molecule has 100 valence electrons. The number of benzene rings is 1. The van der Waals surface area contributed by atoms with E-state index in [9.17, 15) is 10.1 Å². The van der Waals surface area contributed by atoms with Crippen molar-refractivity contribution in [2.24, 2.45) is 7.05 Å². The van der Waals surface area contributed by atoms with Gasteiger partial charge in [-0.1, -0.05) is 12.1 Å². The van der Waals surface area contributed by atoms with Crippen LogP contribution in [0, 0.1) is 17.0 Å². The maximum absolute atomic E-state index is 10.9. The first kappa shape index (κ1) is 14.1. The van der Waals surface area contributed by atoms with Crippen LogP contribution in [0.5, 0.6) is 0 Å². The number of hydrogen-bond donors (Lipinski definition) is 0. The fourth-order valence-electron chi connectivity index (χ4n) is 1.71. The van der Waals surface area contributed by atoms with Crippen LogP contribution < -0.4 is 0 Å². The predicted octanol–water partition coefficient (Wildman–Crippen LogP) is 3.69. The molecule has 1 aromatic heterocycles. The molecular formula is C12H12BrN3O2S. The molecule has 0 fully saturated rings. The van der Waals surface area contributed by atoms with Crippen molar-refractivity contribution in [2.45, 2.75) is 17.6 Å². The highest BCUT2D eigenvalue weighted by Gasteiger charge is 2.15. The normalized spacial score (nSPS) is 10.7. The second kappa shape index (κ2) is 5.75. The van der Waals surface area contributed by atoms with Gasteiger partial charge in [-0.25, -0.2) is 0 Å². The van der Waals surface area contributed by atoms with Crippen LogP contribution in [0.15, 0.2) is 33.6 Å². The second-order valence-electron chi connectivity index (χ2n) is 3.98. The quantitative estimate of drug-likeness (QED) is 0.483. The van der Waals surface area contributed by atoms with Crippen molar-refractivity contribution in [2.75, 3.05) is 0 Å². The highest BCUT2D eigenvalue weighted by molar-refractivity contribution is 9.10. The number of rotatable bonds is 4. The Hall–Kier alpha value is -1.34. The molecule has 0 aliphatic rings. The Morgan fingerprint density at radius 3 is 2.74 bits per heavy atom. The van der Waals surface area contributed by atoms with Gasteiger partial charge in [0, 0.05) is 18.9 Å². The summed E-state index contributed by atoms with van der Waals surface area (Å²) in [7, 11) is 1.87. The Bertz CT molecular complexity index is 627. The number of nitrogens with zero attached hydrogens (tertiary/aromatic N) is 3. The molecule has 0 radical (unpaired) electrons. The van der Waals surface area contributed by atoms with E-state index in [4.69, 9.17) is 0 Å². The lowest BCUT2D eigenvalue weighted by molar-refractivity contribution is -0.387. The monoisotopic (exact) mass is 341 g/mol. The Morgan fingerprint density at radius 2 is 2.16 bits per heavy atom. The number of nitro groups is 1. The van der Waals surface area contributed by atoms with Crippen LogP contribution in [0.2, 0.25) is 0 Å². The molecule has 7 heteroatoms. The van der Waals surface area contributed by atoms with Crippen molar-refractivity contribution in [1.82, 2.24) is 9.78 Å². The summed E-state index contributed by atoms with van der Waals surface area (Å²) in [6.07, 6.45) is 0. The lowest BCUT2D eigenvalue weighted by Crippen LogP contribution is -1.97. The summed E-state index contributed by atoms with van der Waals surface area (Å²) < 4.78 is 2.75. The lowest BCUT2D eigenvalue weighted by atomic mass is 10.3. The summed E-state index contributed by atoms with van der Waals surface area (Å²) in [4.78, 5) is 11.2. The Balaban J connectivity index is 2.22. The van der Waals surface area contributed by atoms with Gasteiger partial charge >= 0.3 is 0 Å². The predicted molar refractivity (Wildman–Crippen MR) is 78.3 cm³/mol. The van der Waals surface area contributed by atoms with E-state index in [-0.39, 0.29) is 10.6 Å². The molecule has 5 nitrogen and oxygen atoms in total. The largest absolute Gasteiger partial charge is 0.282 e. The second-order valence-corrected chi connectivity index (χ2v) is 5.79. The highest BCUT2D eigenvalue weighted by Crippen LogP contribution is 2.33. The molecule has 0 amide bonds. The molecule has 0 unspecified atom stereocenters. The van der Waals surface area contributed by atoms with E-state index in [1.165, 1.54) is 17.8 Å². The average Bonchev–Trinajstić information content (AvgIpc) is 2.61. The zero-order chi connectivity index (χ0) is 14.0. The van der Waals surface area contributed by atoms with Crippen molar-refractivity contribution in [3.05, 3.63) is 50.2 Å². The smallest absolute Gasteiger partial charge is 0.270 e. The van der Waals surface area contributed by atoms with Crippen LogP contribution in [0.3, 0.4) is 0 Å². The molecule has 0 N–H and O–H groups in total. The zero-order valence-corrected chi connectivity index (χ0v) is 12.9. The molecule has 1 aromatic carbocycles. The first-order valence-corrected chi connectivity index (χ1v) is 7.32. The minimum Gasteiger partial charge on any atom is -0.270 e. The van der Waals surface area contributed by atoms with Crippen molar-refractivity contribution in [1.29, 1.82) is 0 Å². The topological polar surface area (TPSA) is 61.0 Å². The summed E-state index contributed by atoms with van der Waals surface area (Å²) in [6.45, 7) is 1.92. The van der Waals surface area contributed by atoms with Gasteiger partial charge in [0.1, 0.15) is 0 Å². The number of nitro benzene ring substituents is 1. The van der Waals surface area contributed by atoms with Crippen LogP contribution in [0.25, 0.3) is 0 Å². The van der Waals surface area contributed by atoms with Crippen molar-refractivity contribution in [3.63, 3.8) is 0 Å². The average molecular weight is 342 g/mol. The van der Waals surface area contributed by atoms with Gasteiger partial charge < -0.3 is 0 Å². The van der Waals surface area contributed by atoms with E-state index in [1.54, 1.807) is 22.9 Å². The number of thioether (sulfide) groups is 1. The Kier molecular flexibility index (Phi) is 4.26. The van der Waals surface area contributed by atoms with Crippen LogP contribution in [0.1, 0.15) is 11.4 Å². The molecule has 0 atom stereocenters. The van der Waals surface area contributed by atoms with Gasteiger partial charge in [-0.3, -0.25) is 14.8 Å². The van der Waals surface area contributed by atoms with Gasteiger partial charge in [0.05, 0.1) is 25.7 Å². The van der Waals surface area contributed by atoms with Gasteiger partial charge in [-0.15, -0.1) is 11.8 Å². The van der Waals surface area contributed by atoms with E-state index in [1.807, 2.05) is 14.0 Å². The minimum atomic E-state index is -0.355. The van der Waals surface area contributed by atoms with Gasteiger partial charge in [-0.05, 0) is 28.9 Å². The molecule has 0 saturated heterocycles. The Labute approximate surface area is 123 Å². The minimum absolute atomic E-state index is 0.141. The molecular weight excluding hydrogens is 330 g/mol. The molecule has 0 saturated carbocycles. The summed E-state index contributed by atoms with van der Waals surface area (Å²) in [5.74, 6) is 0.628. The number of halogens is 1. The first-order chi connectivity index (χ1) is 9.00. The number of para-hydroxylation sites is 1. The number of hydrogen-bond acceptors (Lipinski definition) is 4. The SMILES string of the molecule is Cc1nn(C)c(CSc2ccccc2[N+](=O)[O-])c1Br. The summed E-state index contributed by atoms with van der Waals surface area (Å²) in [5.41, 5.74) is 2.07. The zero-order valence-electron chi connectivity index (χ0n) is 10.5. The maximum atomic E-state index is 10.9. The highest BCUT2D eigenvalue weighted by atomic mass is 79.9. The van der Waals surface area contributed by atoms with Crippen LogP contribution in [0.4, 0.5) is 5.69 Å². The van der Waals surface area contributed by atoms with E-state index < -0.39 is 0 Å². The third-order valence-electron chi connectivity index (χ3n) is 2.69. The van der Waals surface area contributed by atoms with Crippen molar-refractivity contribution < 1.29 is 4.92 Å². The first-order valence-electron chi connectivity index (χ1n) is 5.55. The summed E-state index contributed by atoms with van der Waals surface area (Å²) in [6, 6.07) is 6.76. The summed E-state index contributed by atoms with van der Waals surface area (Å²) in [5, 5.41) is 15.2. The Morgan fingerprint density at radius 1 is 1.47 bits per heavy atom. The molecule has 0 spiro atoms. The van der Waals surface area contributed by atoms with E-state index in [0.29, 0.717) is 10.6 Å². The fourth-order valence-corrected chi connectivity index (χ4v) is 3.46. The van der Waals surface area contributed by atoms with Gasteiger partial charge in [0.15, 0.2) is 0 Å². The molecule has 1 heterocycles. The standard InChI is InChI=1S/C12H12BrN3O2S/c1-8-12(13)10(15(2)14-8)7-19-11-6-4-3-5-9(11)16(17)18/h3-6H,7H2,1-2H3. The number of aromatic nitrogens is 2.